The van der Waals surface area contributed by atoms with E-state index in [1.165, 1.54) is 44.9 Å². The fourth-order valence-corrected chi connectivity index (χ4v) is 3.21. The second kappa shape index (κ2) is 3.21. The van der Waals surface area contributed by atoms with Crippen LogP contribution in [0.5, 0.6) is 0 Å². The lowest BCUT2D eigenvalue weighted by Crippen LogP contribution is -2.28. The summed E-state index contributed by atoms with van der Waals surface area (Å²) in [5.74, 6) is 0.871. The molecule has 0 spiro atoms. The van der Waals surface area contributed by atoms with E-state index in [1.54, 1.807) is 0 Å². The molecule has 2 nitrogen and oxygen atoms in total. The number of hydrogen-bond donors (Lipinski definition) is 1. The van der Waals surface area contributed by atoms with Gasteiger partial charge in [-0.15, -0.1) is 0 Å². The van der Waals surface area contributed by atoms with Crippen molar-refractivity contribution in [2.24, 2.45) is 11.7 Å². The first kappa shape index (κ1) is 9.17. The molecule has 3 rings (SSSR count). The standard InChI is InChI=1S/C12H21NO/c13-12(5-6-12)8-10-7-9-3-1-2-4-11(9)14-10/h9-11H,1-8,13H2. The fraction of sp³-hybridized carbons (Fsp3) is 1.00. The maximum atomic E-state index is 6.14. The van der Waals surface area contributed by atoms with Crippen LogP contribution in [-0.2, 0) is 4.74 Å². The molecule has 3 aliphatic rings. The van der Waals surface area contributed by atoms with Gasteiger partial charge in [0.15, 0.2) is 0 Å². The Hall–Kier alpha value is -0.0800. The minimum absolute atomic E-state index is 0.179. The van der Waals surface area contributed by atoms with Crippen LogP contribution in [0.3, 0.4) is 0 Å². The number of hydrogen-bond acceptors (Lipinski definition) is 2. The van der Waals surface area contributed by atoms with Gasteiger partial charge in [-0.25, -0.2) is 0 Å². The number of ether oxygens (including phenoxy) is 1. The Morgan fingerprint density at radius 1 is 1.21 bits per heavy atom. The van der Waals surface area contributed by atoms with E-state index in [1.807, 2.05) is 0 Å². The van der Waals surface area contributed by atoms with Gasteiger partial charge in [0.2, 0.25) is 0 Å². The zero-order chi connectivity index (χ0) is 9.60. The molecule has 0 aromatic rings. The van der Waals surface area contributed by atoms with Crippen LogP contribution in [0.4, 0.5) is 0 Å². The molecule has 2 heteroatoms. The summed E-state index contributed by atoms with van der Waals surface area (Å²) in [6.45, 7) is 0. The highest BCUT2D eigenvalue weighted by Crippen LogP contribution is 2.44. The molecule has 0 bridgehead atoms. The Balaban J connectivity index is 1.57. The molecule has 2 saturated carbocycles. The molecule has 0 aromatic carbocycles. The summed E-state index contributed by atoms with van der Waals surface area (Å²) in [5, 5.41) is 0. The van der Waals surface area contributed by atoms with Gasteiger partial charge < -0.3 is 10.5 Å². The summed E-state index contributed by atoms with van der Waals surface area (Å²) in [6.07, 6.45) is 11.5. The molecule has 1 aliphatic heterocycles. The van der Waals surface area contributed by atoms with Gasteiger partial charge in [0.05, 0.1) is 12.2 Å². The van der Waals surface area contributed by atoms with Gasteiger partial charge in [-0.2, -0.15) is 0 Å². The van der Waals surface area contributed by atoms with Crippen LogP contribution in [0.2, 0.25) is 0 Å². The Morgan fingerprint density at radius 2 is 2.00 bits per heavy atom. The van der Waals surface area contributed by atoms with Gasteiger partial charge >= 0.3 is 0 Å². The normalized spacial score (nSPS) is 44.8. The molecule has 14 heavy (non-hydrogen) atoms. The first-order chi connectivity index (χ1) is 6.75. The SMILES string of the molecule is NC1(CC2CC3CCCCC3O2)CC1. The van der Waals surface area contributed by atoms with Crippen LogP contribution < -0.4 is 5.73 Å². The molecule has 3 unspecified atom stereocenters. The summed E-state index contributed by atoms with van der Waals surface area (Å²) in [7, 11) is 0. The van der Waals surface area contributed by atoms with Gasteiger partial charge in [-0.1, -0.05) is 12.8 Å². The summed E-state index contributed by atoms with van der Waals surface area (Å²) in [6, 6.07) is 0. The summed E-state index contributed by atoms with van der Waals surface area (Å²) in [5.41, 5.74) is 6.31. The minimum atomic E-state index is 0.179. The van der Waals surface area contributed by atoms with Crippen LogP contribution >= 0.6 is 0 Å². The summed E-state index contributed by atoms with van der Waals surface area (Å²) >= 11 is 0. The molecule has 0 amide bonds. The third-order valence-electron chi connectivity index (χ3n) is 4.30. The Labute approximate surface area is 86.2 Å². The van der Waals surface area contributed by atoms with E-state index in [9.17, 15) is 0 Å². The van der Waals surface area contributed by atoms with Crippen molar-refractivity contribution in [3.63, 3.8) is 0 Å². The van der Waals surface area contributed by atoms with Crippen molar-refractivity contribution in [2.75, 3.05) is 0 Å². The topological polar surface area (TPSA) is 35.2 Å². The second-order valence-corrected chi connectivity index (χ2v) is 5.64. The van der Waals surface area contributed by atoms with Crippen molar-refractivity contribution in [1.29, 1.82) is 0 Å². The van der Waals surface area contributed by atoms with E-state index in [0.717, 1.165) is 12.3 Å². The molecule has 0 radical (unpaired) electrons. The van der Waals surface area contributed by atoms with E-state index in [0.29, 0.717) is 12.2 Å². The monoisotopic (exact) mass is 195 g/mol. The molecule has 3 atom stereocenters. The van der Waals surface area contributed by atoms with Crippen LogP contribution in [-0.4, -0.2) is 17.7 Å². The quantitative estimate of drug-likeness (QED) is 0.733. The molecule has 0 aromatic heterocycles. The Bertz CT molecular complexity index is 210. The van der Waals surface area contributed by atoms with Gasteiger partial charge in [-0.3, -0.25) is 0 Å². The van der Waals surface area contributed by atoms with Crippen molar-refractivity contribution >= 4 is 0 Å². The van der Waals surface area contributed by atoms with Crippen molar-refractivity contribution in [1.82, 2.24) is 0 Å². The molecule has 3 fully saturated rings. The lowest BCUT2D eigenvalue weighted by molar-refractivity contribution is 0.0119. The highest BCUT2D eigenvalue weighted by molar-refractivity contribution is 5.02. The summed E-state index contributed by atoms with van der Waals surface area (Å²) in [4.78, 5) is 0. The van der Waals surface area contributed by atoms with Crippen molar-refractivity contribution < 1.29 is 4.74 Å². The number of nitrogens with two attached hydrogens (primary N) is 1. The predicted molar refractivity (Wildman–Crippen MR) is 56.0 cm³/mol. The third kappa shape index (κ3) is 1.70. The molecule has 2 aliphatic carbocycles. The van der Waals surface area contributed by atoms with E-state index in [2.05, 4.69) is 0 Å². The first-order valence-electron chi connectivity index (χ1n) is 6.20. The first-order valence-corrected chi connectivity index (χ1v) is 6.20. The lowest BCUT2D eigenvalue weighted by atomic mass is 9.85. The second-order valence-electron chi connectivity index (χ2n) is 5.64. The summed E-state index contributed by atoms with van der Waals surface area (Å²) < 4.78 is 6.10. The average Bonchev–Trinajstić information content (AvgIpc) is 2.77. The lowest BCUT2D eigenvalue weighted by Gasteiger charge is -2.23. The van der Waals surface area contributed by atoms with Crippen LogP contribution in [0.1, 0.15) is 51.4 Å². The molecular formula is C12H21NO. The van der Waals surface area contributed by atoms with E-state index in [4.69, 9.17) is 10.5 Å². The minimum Gasteiger partial charge on any atom is -0.375 e. The van der Waals surface area contributed by atoms with Gasteiger partial charge in [-0.05, 0) is 44.4 Å². The van der Waals surface area contributed by atoms with Crippen molar-refractivity contribution in [3.05, 3.63) is 0 Å². The predicted octanol–water partition coefficient (Wildman–Crippen LogP) is 2.22. The molecule has 2 N–H and O–H groups in total. The Kier molecular flexibility index (Phi) is 2.10. The van der Waals surface area contributed by atoms with E-state index < -0.39 is 0 Å². The van der Waals surface area contributed by atoms with Gasteiger partial charge in [0.25, 0.3) is 0 Å². The average molecular weight is 195 g/mol. The van der Waals surface area contributed by atoms with Crippen LogP contribution in [0.15, 0.2) is 0 Å². The number of rotatable bonds is 2. The van der Waals surface area contributed by atoms with Crippen molar-refractivity contribution in [2.45, 2.75) is 69.1 Å². The zero-order valence-electron chi connectivity index (χ0n) is 8.87. The largest absolute Gasteiger partial charge is 0.375 e. The van der Waals surface area contributed by atoms with Crippen molar-refractivity contribution in [3.8, 4) is 0 Å². The Morgan fingerprint density at radius 3 is 2.71 bits per heavy atom. The third-order valence-corrected chi connectivity index (χ3v) is 4.30. The van der Waals surface area contributed by atoms with Crippen LogP contribution in [0.25, 0.3) is 0 Å². The maximum absolute atomic E-state index is 6.14. The molecule has 1 saturated heterocycles. The molecule has 80 valence electrons. The van der Waals surface area contributed by atoms with Crippen LogP contribution in [0, 0.1) is 5.92 Å². The highest BCUT2D eigenvalue weighted by Gasteiger charge is 2.44. The smallest absolute Gasteiger partial charge is 0.0608 e. The van der Waals surface area contributed by atoms with E-state index in [-0.39, 0.29) is 5.54 Å². The molecular weight excluding hydrogens is 174 g/mol. The maximum Gasteiger partial charge on any atom is 0.0608 e. The van der Waals surface area contributed by atoms with Gasteiger partial charge in [0.1, 0.15) is 0 Å². The number of fused-ring (bicyclic) bond motifs is 1. The van der Waals surface area contributed by atoms with E-state index >= 15 is 0 Å². The van der Waals surface area contributed by atoms with Gasteiger partial charge in [0, 0.05) is 5.54 Å². The highest BCUT2D eigenvalue weighted by atomic mass is 16.5. The fourth-order valence-electron chi connectivity index (χ4n) is 3.21. The zero-order valence-corrected chi connectivity index (χ0v) is 8.87. The molecule has 1 heterocycles.